The monoisotopic (exact) mass is 401 g/mol. The highest BCUT2D eigenvalue weighted by Gasteiger charge is 2.13. The van der Waals surface area contributed by atoms with E-state index in [1.807, 2.05) is 30.3 Å². The molecule has 2 aromatic heterocycles. The number of aromatic nitrogens is 3. The van der Waals surface area contributed by atoms with Gasteiger partial charge in [-0.1, -0.05) is 52.8 Å². The molecule has 0 saturated carbocycles. The number of benzene rings is 2. The highest BCUT2D eigenvalue weighted by molar-refractivity contribution is 7.99. The summed E-state index contributed by atoms with van der Waals surface area (Å²) in [6, 6.07) is 14.5. The lowest BCUT2D eigenvalue weighted by Crippen LogP contribution is -2.07. The van der Waals surface area contributed by atoms with Crippen LogP contribution < -0.4 is 0 Å². The predicted octanol–water partition coefficient (Wildman–Crippen LogP) is 4.37. The third kappa shape index (κ3) is 4.29. The highest BCUT2D eigenvalue weighted by Crippen LogP contribution is 2.23. The number of para-hydroxylation sites is 2. The summed E-state index contributed by atoms with van der Waals surface area (Å²) in [6.07, 6.45) is 0. The van der Waals surface area contributed by atoms with E-state index < -0.39 is 5.97 Å². The molecule has 0 saturated heterocycles. The summed E-state index contributed by atoms with van der Waals surface area (Å²) in [5.74, 6) is 0.196. The Hall–Kier alpha value is -2.84. The van der Waals surface area contributed by atoms with Gasteiger partial charge in [0.1, 0.15) is 11.3 Å². The van der Waals surface area contributed by atoms with Gasteiger partial charge < -0.3 is 13.7 Å². The van der Waals surface area contributed by atoms with Crippen LogP contribution in [0, 0.1) is 0 Å². The molecule has 2 heterocycles. The maximum atomic E-state index is 11.9. The number of hydrogen-bond acceptors (Lipinski definition) is 8. The first kappa shape index (κ1) is 17.6. The van der Waals surface area contributed by atoms with E-state index in [0.29, 0.717) is 21.7 Å². The first-order valence-electron chi connectivity index (χ1n) is 7.90. The van der Waals surface area contributed by atoms with Crippen LogP contribution in [0.2, 0.25) is 5.02 Å². The molecule has 0 atom stereocenters. The lowest BCUT2D eigenvalue weighted by Gasteiger charge is -1.99. The van der Waals surface area contributed by atoms with Gasteiger partial charge in [-0.15, -0.1) is 0 Å². The van der Waals surface area contributed by atoms with E-state index in [-0.39, 0.29) is 18.3 Å². The Balaban J connectivity index is 1.30. The number of carbonyl (C=O) groups excluding carboxylic acids is 1. The van der Waals surface area contributed by atoms with Crippen molar-refractivity contribution in [2.45, 2.75) is 11.8 Å². The van der Waals surface area contributed by atoms with Gasteiger partial charge in [-0.25, -0.2) is 4.98 Å². The fourth-order valence-electron chi connectivity index (χ4n) is 2.28. The van der Waals surface area contributed by atoms with E-state index in [4.69, 9.17) is 25.3 Å². The number of oxazole rings is 1. The zero-order valence-corrected chi connectivity index (χ0v) is 15.4. The molecule has 0 aliphatic heterocycles. The predicted molar refractivity (Wildman–Crippen MR) is 99.3 cm³/mol. The van der Waals surface area contributed by atoms with Crippen molar-refractivity contribution in [2.75, 3.05) is 5.75 Å². The van der Waals surface area contributed by atoms with Crippen molar-refractivity contribution in [3.8, 4) is 11.4 Å². The van der Waals surface area contributed by atoms with Crippen molar-refractivity contribution >= 4 is 40.4 Å². The van der Waals surface area contributed by atoms with Gasteiger partial charge in [0.2, 0.25) is 5.82 Å². The Kier molecular flexibility index (Phi) is 5.08. The minimum atomic E-state index is -0.440. The van der Waals surface area contributed by atoms with E-state index >= 15 is 0 Å². The molecule has 0 amide bonds. The first-order valence-corrected chi connectivity index (χ1v) is 9.26. The van der Waals surface area contributed by atoms with Gasteiger partial charge in [0.15, 0.2) is 12.2 Å². The molecule has 2 aromatic carbocycles. The number of esters is 1. The molecule has 0 spiro atoms. The third-order valence-corrected chi connectivity index (χ3v) is 4.53. The molecule has 0 radical (unpaired) electrons. The van der Waals surface area contributed by atoms with Crippen molar-refractivity contribution < 1.29 is 18.5 Å². The van der Waals surface area contributed by atoms with Gasteiger partial charge >= 0.3 is 5.97 Å². The second kappa shape index (κ2) is 7.81. The average molecular weight is 402 g/mol. The fourth-order valence-corrected chi connectivity index (χ4v) is 3.10. The van der Waals surface area contributed by atoms with Crippen molar-refractivity contribution in [1.82, 2.24) is 15.1 Å². The maximum Gasteiger partial charge on any atom is 0.316 e. The van der Waals surface area contributed by atoms with Gasteiger partial charge in [0.25, 0.3) is 11.1 Å². The third-order valence-electron chi connectivity index (χ3n) is 3.50. The van der Waals surface area contributed by atoms with Crippen molar-refractivity contribution in [1.29, 1.82) is 0 Å². The molecule has 0 aliphatic carbocycles. The molecular formula is C18H12ClN3O4S. The van der Waals surface area contributed by atoms with Crippen LogP contribution in [0.15, 0.2) is 62.7 Å². The molecule has 0 bridgehead atoms. The molecule has 4 aromatic rings. The number of rotatable bonds is 6. The van der Waals surface area contributed by atoms with Gasteiger partial charge in [0, 0.05) is 10.6 Å². The topological polar surface area (TPSA) is 91.2 Å². The molecule has 7 nitrogen and oxygen atoms in total. The lowest BCUT2D eigenvalue weighted by atomic mass is 10.2. The molecule has 4 rings (SSSR count). The molecule has 27 heavy (non-hydrogen) atoms. The molecule has 0 unspecified atom stereocenters. The van der Waals surface area contributed by atoms with Crippen LogP contribution in [0.1, 0.15) is 5.89 Å². The van der Waals surface area contributed by atoms with Crippen LogP contribution in [0.3, 0.4) is 0 Å². The second-order valence-corrected chi connectivity index (χ2v) is 6.78. The lowest BCUT2D eigenvalue weighted by molar-refractivity contribution is -0.142. The number of hydrogen-bond donors (Lipinski definition) is 0. The Labute approximate surface area is 162 Å². The van der Waals surface area contributed by atoms with E-state index in [0.717, 1.165) is 22.8 Å². The van der Waals surface area contributed by atoms with Crippen molar-refractivity contribution in [3.63, 3.8) is 0 Å². The van der Waals surface area contributed by atoms with Crippen LogP contribution in [-0.4, -0.2) is 26.8 Å². The van der Waals surface area contributed by atoms with E-state index in [1.54, 1.807) is 18.2 Å². The quantitative estimate of drug-likeness (QED) is 0.347. The summed E-state index contributed by atoms with van der Waals surface area (Å²) < 4.78 is 15.8. The van der Waals surface area contributed by atoms with E-state index in [2.05, 4.69) is 15.1 Å². The van der Waals surface area contributed by atoms with E-state index in [9.17, 15) is 4.79 Å². The number of nitrogens with zero attached hydrogens (tertiary/aromatic N) is 3. The Bertz CT molecular complexity index is 1060. The standard InChI is InChI=1S/C18H12ClN3O4S/c19-12-5-3-4-11(8-12)17-21-15(26-22-17)9-24-16(23)10-27-18-20-13-6-1-2-7-14(13)25-18/h1-8H,9-10H2. The number of thioether (sulfide) groups is 1. The summed E-state index contributed by atoms with van der Waals surface area (Å²) in [5.41, 5.74) is 2.14. The molecule has 0 N–H and O–H groups in total. The van der Waals surface area contributed by atoms with Gasteiger partial charge in [0.05, 0.1) is 0 Å². The zero-order valence-electron chi connectivity index (χ0n) is 13.8. The SMILES string of the molecule is O=C(CSc1nc2ccccc2o1)OCc1nc(-c2cccc(Cl)c2)no1. The minimum Gasteiger partial charge on any atom is -0.455 e. The summed E-state index contributed by atoms with van der Waals surface area (Å²) in [4.78, 5) is 20.4. The second-order valence-electron chi connectivity index (χ2n) is 5.42. The number of ether oxygens (including phenoxy) is 1. The van der Waals surface area contributed by atoms with Crippen LogP contribution in [0.5, 0.6) is 0 Å². The Morgan fingerprint density at radius 1 is 1.15 bits per heavy atom. The van der Waals surface area contributed by atoms with Gasteiger partial charge in [-0.2, -0.15) is 4.98 Å². The van der Waals surface area contributed by atoms with Crippen LogP contribution >= 0.6 is 23.4 Å². The summed E-state index contributed by atoms with van der Waals surface area (Å²) in [5, 5.41) is 4.84. The maximum absolute atomic E-state index is 11.9. The average Bonchev–Trinajstić information content (AvgIpc) is 3.31. The van der Waals surface area contributed by atoms with Gasteiger partial charge in [-0.3, -0.25) is 4.79 Å². The summed E-state index contributed by atoms with van der Waals surface area (Å²) >= 11 is 7.10. The molecular weight excluding hydrogens is 390 g/mol. The minimum absolute atomic E-state index is 0.0576. The number of fused-ring (bicyclic) bond motifs is 1. The smallest absolute Gasteiger partial charge is 0.316 e. The normalized spacial score (nSPS) is 11.0. The summed E-state index contributed by atoms with van der Waals surface area (Å²) in [6.45, 7) is -0.111. The number of halogens is 1. The molecule has 9 heteroatoms. The van der Waals surface area contributed by atoms with Crippen LogP contribution in [-0.2, 0) is 16.1 Å². The van der Waals surface area contributed by atoms with Crippen molar-refractivity contribution in [3.05, 3.63) is 59.4 Å². The first-order chi connectivity index (χ1) is 13.2. The fraction of sp³-hybridized carbons (Fsp3) is 0.111. The van der Waals surface area contributed by atoms with Crippen molar-refractivity contribution in [2.24, 2.45) is 0 Å². The van der Waals surface area contributed by atoms with Crippen LogP contribution in [0.25, 0.3) is 22.5 Å². The van der Waals surface area contributed by atoms with E-state index in [1.165, 1.54) is 0 Å². The summed E-state index contributed by atoms with van der Waals surface area (Å²) in [7, 11) is 0. The zero-order chi connectivity index (χ0) is 18.6. The van der Waals surface area contributed by atoms with Crippen LogP contribution in [0.4, 0.5) is 0 Å². The van der Waals surface area contributed by atoms with Gasteiger partial charge in [-0.05, 0) is 24.3 Å². The Morgan fingerprint density at radius 3 is 2.89 bits per heavy atom. The Morgan fingerprint density at radius 2 is 2.04 bits per heavy atom. The molecule has 136 valence electrons. The highest BCUT2D eigenvalue weighted by atomic mass is 35.5. The molecule has 0 aliphatic rings. The molecule has 0 fully saturated rings. The largest absolute Gasteiger partial charge is 0.455 e. The number of carbonyl (C=O) groups is 1.